The van der Waals surface area contributed by atoms with Crippen LogP contribution in [0.1, 0.15) is 20.8 Å². The number of nitrogens with zero attached hydrogens (tertiary/aromatic N) is 1. The van der Waals surface area contributed by atoms with Gasteiger partial charge in [-0.15, -0.1) is 0 Å². The summed E-state index contributed by atoms with van der Waals surface area (Å²) >= 11 is 0. The third kappa shape index (κ3) is 4.28. The Hall–Kier alpha value is -0.290. The highest BCUT2D eigenvalue weighted by Gasteiger charge is 2.40. The molecule has 1 saturated heterocycles. The molecular weight excluding hydrogens is 195 g/mol. The normalized spacial score (nSPS) is 20.8. The molecule has 1 N–H and O–H groups in total. The van der Waals surface area contributed by atoms with Crippen molar-refractivity contribution in [1.29, 1.82) is 0 Å². The summed E-state index contributed by atoms with van der Waals surface area (Å²) < 4.78 is 35.4. The van der Waals surface area contributed by atoms with Crippen molar-refractivity contribution in [3.05, 3.63) is 0 Å². The molecule has 0 radical (unpaired) electrons. The zero-order valence-corrected chi connectivity index (χ0v) is 8.80. The van der Waals surface area contributed by atoms with E-state index in [4.69, 9.17) is 5.11 Å². The van der Waals surface area contributed by atoms with Gasteiger partial charge in [0.1, 0.15) is 0 Å². The van der Waals surface area contributed by atoms with Crippen LogP contribution in [0.25, 0.3) is 0 Å². The van der Waals surface area contributed by atoms with Crippen molar-refractivity contribution in [2.75, 3.05) is 19.6 Å². The number of aliphatic hydroxyl groups excluding tert-OH is 1. The fraction of sp³-hybridized carbons (Fsp3) is 1.00. The van der Waals surface area contributed by atoms with Gasteiger partial charge in [-0.1, -0.05) is 20.8 Å². The second kappa shape index (κ2) is 5.56. The first-order chi connectivity index (χ1) is 6.39. The number of rotatable bonds is 2. The van der Waals surface area contributed by atoms with Crippen LogP contribution >= 0.6 is 0 Å². The third-order valence-corrected chi connectivity index (χ3v) is 1.95. The molecule has 0 spiro atoms. The molecule has 1 aliphatic rings. The minimum atomic E-state index is -4.47. The summed E-state index contributed by atoms with van der Waals surface area (Å²) in [7, 11) is 0. The molecular formula is C9H18F3NO. The van der Waals surface area contributed by atoms with E-state index in [1.807, 2.05) is 20.8 Å². The van der Waals surface area contributed by atoms with Gasteiger partial charge in [-0.25, -0.2) is 0 Å². The van der Waals surface area contributed by atoms with E-state index >= 15 is 0 Å². The Morgan fingerprint density at radius 1 is 1.36 bits per heavy atom. The van der Waals surface area contributed by atoms with Crippen molar-refractivity contribution in [3.63, 3.8) is 0 Å². The Morgan fingerprint density at radius 2 is 1.79 bits per heavy atom. The molecule has 14 heavy (non-hydrogen) atoms. The van der Waals surface area contributed by atoms with Crippen LogP contribution in [-0.4, -0.2) is 41.9 Å². The van der Waals surface area contributed by atoms with E-state index in [0.717, 1.165) is 0 Å². The van der Waals surface area contributed by atoms with Crippen molar-refractivity contribution >= 4 is 0 Å². The summed E-state index contributed by atoms with van der Waals surface area (Å²) in [6.07, 6.45) is -6.66. The number of halogens is 3. The van der Waals surface area contributed by atoms with E-state index in [9.17, 15) is 13.2 Å². The largest absolute Gasteiger partial charge is 0.415 e. The summed E-state index contributed by atoms with van der Waals surface area (Å²) in [4.78, 5) is 1.60. The Bertz CT molecular complexity index is 155. The third-order valence-electron chi connectivity index (χ3n) is 1.95. The molecule has 1 atom stereocenters. The van der Waals surface area contributed by atoms with Crippen molar-refractivity contribution < 1.29 is 18.3 Å². The topological polar surface area (TPSA) is 23.5 Å². The van der Waals surface area contributed by atoms with E-state index in [0.29, 0.717) is 19.0 Å². The zero-order valence-electron chi connectivity index (χ0n) is 8.80. The maximum absolute atomic E-state index is 11.8. The molecule has 1 fully saturated rings. The first-order valence-electron chi connectivity index (χ1n) is 4.86. The highest BCUT2D eigenvalue weighted by atomic mass is 19.4. The molecule has 0 aromatic rings. The van der Waals surface area contributed by atoms with Crippen molar-refractivity contribution in [1.82, 2.24) is 4.90 Å². The molecule has 1 rings (SSSR count). The molecule has 2 nitrogen and oxygen atoms in total. The Labute approximate surface area is 82.7 Å². The first kappa shape index (κ1) is 13.7. The van der Waals surface area contributed by atoms with Crippen molar-refractivity contribution in [3.8, 4) is 0 Å². The second-order valence-electron chi connectivity index (χ2n) is 3.38. The average molecular weight is 213 g/mol. The number of hydrogen-bond acceptors (Lipinski definition) is 2. The summed E-state index contributed by atoms with van der Waals surface area (Å²) in [5.74, 6) is 0.463. The van der Waals surface area contributed by atoms with Gasteiger partial charge < -0.3 is 5.11 Å². The monoisotopic (exact) mass is 213 g/mol. The fourth-order valence-corrected chi connectivity index (χ4v) is 1.33. The number of likely N-dealkylation sites (tertiary alicyclic amines) is 1. The van der Waals surface area contributed by atoms with Gasteiger partial charge in [-0.2, -0.15) is 13.2 Å². The SMILES string of the molecule is CC.CC1CN(CC(O)C(F)(F)F)C1. The van der Waals surface area contributed by atoms with Crippen LogP contribution in [0.4, 0.5) is 13.2 Å². The highest BCUT2D eigenvalue weighted by Crippen LogP contribution is 2.23. The smallest absolute Gasteiger partial charge is 0.382 e. The number of aliphatic hydroxyl groups is 1. The van der Waals surface area contributed by atoms with Crippen molar-refractivity contribution in [2.24, 2.45) is 5.92 Å². The predicted octanol–water partition coefficient (Wildman–Crippen LogP) is 1.89. The lowest BCUT2D eigenvalue weighted by atomic mass is 10.0. The molecule has 0 aromatic heterocycles. The van der Waals surface area contributed by atoms with Crippen LogP contribution in [0.5, 0.6) is 0 Å². The molecule has 0 amide bonds. The quantitative estimate of drug-likeness (QED) is 0.757. The molecule has 0 aromatic carbocycles. The van der Waals surface area contributed by atoms with E-state index in [1.165, 1.54) is 0 Å². The Balaban J connectivity index is 0.000000791. The van der Waals surface area contributed by atoms with Crippen LogP contribution in [0.15, 0.2) is 0 Å². The van der Waals surface area contributed by atoms with Crippen molar-refractivity contribution in [2.45, 2.75) is 33.1 Å². The van der Waals surface area contributed by atoms with Crippen LogP contribution < -0.4 is 0 Å². The highest BCUT2D eigenvalue weighted by molar-refractivity contribution is 4.80. The zero-order chi connectivity index (χ0) is 11.4. The summed E-state index contributed by atoms with van der Waals surface area (Å²) in [6.45, 7) is 7.00. The number of alkyl halides is 3. The molecule has 5 heteroatoms. The maximum Gasteiger partial charge on any atom is 0.415 e. The Kier molecular flexibility index (Phi) is 5.44. The minimum absolute atomic E-state index is 0.284. The Morgan fingerprint density at radius 3 is 2.07 bits per heavy atom. The van der Waals surface area contributed by atoms with Crippen LogP contribution in [0, 0.1) is 5.92 Å². The molecule has 0 aliphatic carbocycles. The molecule has 1 heterocycles. The lowest BCUT2D eigenvalue weighted by Gasteiger charge is -2.38. The summed E-state index contributed by atoms with van der Waals surface area (Å²) in [5, 5.41) is 8.64. The van der Waals surface area contributed by atoms with E-state index in [-0.39, 0.29) is 6.54 Å². The minimum Gasteiger partial charge on any atom is -0.382 e. The second-order valence-corrected chi connectivity index (χ2v) is 3.38. The van der Waals surface area contributed by atoms with Gasteiger partial charge in [0.25, 0.3) is 0 Å². The maximum atomic E-state index is 11.8. The fourth-order valence-electron chi connectivity index (χ4n) is 1.33. The van der Waals surface area contributed by atoms with Crippen LogP contribution in [0.3, 0.4) is 0 Å². The predicted molar refractivity (Wildman–Crippen MR) is 49.0 cm³/mol. The van der Waals surface area contributed by atoms with Gasteiger partial charge >= 0.3 is 6.18 Å². The molecule has 1 aliphatic heterocycles. The molecule has 0 bridgehead atoms. The number of β-amino-alcohol motifs (C(OH)–C–C–N with tert-alkyl or cyclic N) is 1. The molecule has 86 valence electrons. The van der Waals surface area contributed by atoms with Crippen LogP contribution in [-0.2, 0) is 0 Å². The van der Waals surface area contributed by atoms with Gasteiger partial charge in [0.05, 0.1) is 0 Å². The van der Waals surface area contributed by atoms with Gasteiger partial charge in [0.2, 0.25) is 0 Å². The van der Waals surface area contributed by atoms with Crippen LogP contribution in [0.2, 0.25) is 0 Å². The summed E-state index contributed by atoms with van der Waals surface area (Å²) in [6, 6.07) is 0. The number of hydrogen-bond donors (Lipinski definition) is 1. The van der Waals surface area contributed by atoms with E-state index in [1.54, 1.807) is 4.90 Å². The lowest BCUT2D eigenvalue weighted by Crippen LogP contribution is -2.51. The van der Waals surface area contributed by atoms with Gasteiger partial charge in [0.15, 0.2) is 6.10 Å². The summed E-state index contributed by atoms with van der Waals surface area (Å²) in [5.41, 5.74) is 0. The lowest BCUT2D eigenvalue weighted by molar-refractivity contribution is -0.211. The average Bonchev–Trinajstić information content (AvgIpc) is 2.03. The van der Waals surface area contributed by atoms with E-state index in [2.05, 4.69) is 0 Å². The van der Waals surface area contributed by atoms with Gasteiger partial charge in [-0.05, 0) is 5.92 Å². The molecule has 0 saturated carbocycles. The first-order valence-corrected chi connectivity index (χ1v) is 4.86. The van der Waals surface area contributed by atoms with Gasteiger partial charge in [-0.3, -0.25) is 4.90 Å². The molecule has 1 unspecified atom stereocenters. The van der Waals surface area contributed by atoms with E-state index < -0.39 is 12.3 Å². The standard InChI is InChI=1S/C7H12F3NO.C2H6/c1-5-2-11(3-5)4-6(12)7(8,9)10;1-2/h5-6,12H,2-4H2,1H3;1-2H3. The van der Waals surface area contributed by atoms with Gasteiger partial charge in [0, 0.05) is 19.6 Å².